The molecule has 0 aliphatic carbocycles. The second-order valence-electron chi connectivity index (χ2n) is 4.28. The van der Waals surface area contributed by atoms with Crippen molar-refractivity contribution in [3.05, 3.63) is 45.7 Å². The summed E-state index contributed by atoms with van der Waals surface area (Å²) in [6.45, 7) is 3.45. The van der Waals surface area contributed by atoms with Gasteiger partial charge in [0.2, 0.25) is 0 Å². The van der Waals surface area contributed by atoms with E-state index in [1.165, 1.54) is 23.5 Å². The number of benzene rings is 1. The topological polar surface area (TPSA) is 68.0 Å². The number of rotatable bonds is 3. The molecule has 6 heteroatoms. The molecule has 0 aliphatic rings. The maximum absolute atomic E-state index is 13.1. The van der Waals surface area contributed by atoms with Crippen LogP contribution in [0.4, 0.5) is 10.1 Å². The Morgan fingerprint density at radius 1 is 1.53 bits per heavy atom. The predicted octanol–water partition coefficient (Wildman–Crippen LogP) is 2.86. The number of carbonyl (C=O) groups excluding carboxylic acids is 1. The van der Waals surface area contributed by atoms with Crippen LogP contribution in [0, 0.1) is 12.7 Å². The predicted molar refractivity (Wildman–Crippen MR) is 73.8 cm³/mol. The summed E-state index contributed by atoms with van der Waals surface area (Å²) in [5, 5.41) is 5.04. The van der Waals surface area contributed by atoms with Gasteiger partial charge < -0.3 is 11.1 Å². The van der Waals surface area contributed by atoms with E-state index in [-0.39, 0.29) is 17.8 Å². The van der Waals surface area contributed by atoms with Gasteiger partial charge in [-0.2, -0.15) is 0 Å². The van der Waals surface area contributed by atoms with Crippen molar-refractivity contribution in [1.82, 2.24) is 4.98 Å². The molecule has 3 N–H and O–H groups in total. The van der Waals surface area contributed by atoms with Gasteiger partial charge in [0.1, 0.15) is 16.5 Å². The van der Waals surface area contributed by atoms with Crippen LogP contribution in [-0.4, -0.2) is 10.9 Å². The van der Waals surface area contributed by atoms with Gasteiger partial charge in [-0.3, -0.25) is 4.79 Å². The SMILES string of the molecule is Cc1cc(NC(=O)c2csc(C(C)N)n2)ccc1F. The van der Waals surface area contributed by atoms with Crippen molar-refractivity contribution in [2.75, 3.05) is 5.32 Å². The molecule has 0 spiro atoms. The van der Waals surface area contributed by atoms with Crippen LogP contribution >= 0.6 is 11.3 Å². The van der Waals surface area contributed by atoms with Crippen LogP contribution in [0.3, 0.4) is 0 Å². The molecule has 2 aromatic rings. The Morgan fingerprint density at radius 3 is 2.84 bits per heavy atom. The molecule has 0 aliphatic heterocycles. The number of hydrogen-bond donors (Lipinski definition) is 2. The number of halogens is 1. The average Bonchev–Trinajstić information content (AvgIpc) is 2.83. The summed E-state index contributed by atoms with van der Waals surface area (Å²) < 4.78 is 13.1. The summed E-state index contributed by atoms with van der Waals surface area (Å²) >= 11 is 1.35. The molecule has 1 amide bonds. The Balaban J connectivity index is 2.13. The van der Waals surface area contributed by atoms with Crippen LogP contribution in [-0.2, 0) is 0 Å². The number of nitrogens with one attached hydrogen (secondary N) is 1. The summed E-state index contributed by atoms with van der Waals surface area (Å²) in [7, 11) is 0. The van der Waals surface area contributed by atoms with Gasteiger partial charge in [0.25, 0.3) is 5.91 Å². The van der Waals surface area contributed by atoms with Crippen molar-refractivity contribution in [2.24, 2.45) is 5.73 Å². The monoisotopic (exact) mass is 279 g/mol. The molecular formula is C13H14FN3OS. The largest absolute Gasteiger partial charge is 0.322 e. The second kappa shape index (κ2) is 5.46. The van der Waals surface area contributed by atoms with E-state index in [0.717, 1.165) is 0 Å². The van der Waals surface area contributed by atoms with E-state index in [9.17, 15) is 9.18 Å². The first kappa shape index (κ1) is 13.6. The summed E-state index contributed by atoms with van der Waals surface area (Å²) in [6.07, 6.45) is 0. The zero-order valence-electron chi connectivity index (χ0n) is 10.6. The Kier molecular flexibility index (Phi) is 3.92. The summed E-state index contributed by atoms with van der Waals surface area (Å²) in [6, 6.07) is 4.21. The molecule has 1 aromatic heterocycles. The highest BCUT2D eigenvalue weighted by Gasteiger charge is 2.13. The van der Waals surface area contributed by atoms with Gasteiger partial charge in [-0.05, 0) is 37.6 Å². The van der Waals surface area contributed by atoms with E-state index in [4.69, 9.17) is 5.73 Å². The number of nitrogens with zero attached hydrogens (tertiary/aromatic N) is 1. The summed E-state index contributed by atoms with van der Waals surface area (Å²) in [5.41, 5.74) is 7.03. The number of thiazole rings is 1. The van der Waals surface area contributed by atoms with Gasteiger partial charge in [-0.1, -0.05) is 0 Å². The molecule has 0 saturated heterocycles. The molecule has 0 radical (unpaired) electrons. The molecule has 1 atom stereocenters. The van der Waals surface area contributed by atoms with Gasteiger partial charge in [0.05, 0.1) is 6.04 Å². The zero-order chi connectivity index (χ0) is 14.0. The fourth-order valence-corrected chi connectivity index (χ4v) is 2.28. The fraction of sp³-hybridized carbons (Fsp3) is 0.231. The first-order chi connectivity index (χ1) is 8.97. The van der Waals surface area contributed by atoms with Crippen molar-refractivity contribution < 1.29 is 9.18 Å². The number of amides is 1. The van der Waals surface area contributed by atoms with Crippen LogP contribution in [0.2, 0.25) is 0 Å². The second-order valence-corrected chi connectivity index (χ2v) is 5.17. The lowest BCUT2D eigenvalue weighted by Gasteiger charge is -2.05. The van der Waals surface area contributed by atoms with Gasteiger partial charge in [-0.15, -0.1) is 11.3 Å². The minimum atomic E-state index is -0.325. The number of aromatic nitrogens is 1. The molecule has 0 saturated carbocycles. The highest BCUT2D eigenvalue weighted by molar-refractivity contribution is 7.09. The van der Waals surface area contributed by atoms with E-state index in [1.807, 2.05) is 6.92 Å². The molecule has 0 fully saturated rings. The molecule has 1 heterocycles. The lowest BCUT2D eigenvalue weighted by Crippen LogP contribution is -2.13. The quantitative estimate of drug-likeness (QED) is 0.907. The molecule has 0 bridgehead atoms. The van der Waals surface area contributed by atoms with Crippen LogP contribution in [0.1, 0.15) is 34.0 Å². The maximum Gasteiger partial charge on any atom is 0.275 e. The molecule has 1 aromatic carbocycles. The first-order valence-corrected chi connectivity index (χ1v) is 6.64. The van der Waals surface area contributed by atoms with E-state index in [2.05, 4.69) is 10.3 Å². The van der Waals surface area contributed by atoms with Crippen LogP contribution in [0.5, 0.6) is 0 Å². The molecule has 1 unspecified atom stereocenters. The van der Waals surface area contributed by atoms with Crippen LogP contribution in [0.15, 0.2) is 23.6 Å². The van der Waals surface area contributed by atoms with E-state index in [0.29, 0.717) is 22.0 Å². The van der Waals surface area contributed by atoms with E-state index >= 15 is 0 Å². The van der Waals surface area contributed by atoms with Crippen molar-refractivity contribution in [2.45, 2.75) is 19.9 Å². The van der Waals surface area contributed by atoms with E-state index in [1.54, 1.807) is 18.4 Å². The standard InChI is InChI=1S/C13H14FN3OS/c1-7-5-9(3-4-10(7)14)16-12(18)11-6-19-13(17-11)8(2)15/h3-6,8H,15H2,1-2H3,(H,16,18). The Labute approximate surface area is 114 Å². The zero-order valence-corrected chi connectivity index (χ0v) is 11.4. The third kappa shape index (κ3) is 3.15. The van der Waals surface area contributed by atoms with Crippen molar-refractivity contribution in [3.63, 3.8) is 0 Å². The lowest BCUT2D eigenvalue weighted by atomic mass is 10.2. The van der Waals surface area contributed by atoms with Crippen LogP contribution in [0.25, 0.3) is 0 Å². The summed E-state index contributed by atoms with van der Waals surface area (Å²) in [4.78, 5) is 16.1. The normalized spacial score (nSPS) is 12.2. The highest BCUT2D eigenvalue weighted by Crippen LogP contribution is 2.18. The van der Waals surface area contributed by atoms with Gasteiger partial charge in [0.15, 0.2) is 0 Å². The number of anilines is 1. The van der Waals surface area contributed by atoms with Crippen molar-refractivity contribution in [3.8, 4) is 0 Å². The third-order valence-electron chi connectivity index (χ3n) is 2.56. The van der Waals surface area contributed by atoms with Gasteiger partial charge in [-0.25, -0.2) is 9.37 Å². The molecular weight excluding hydrogens is 265 g/mol. The number of hydrogen-bond acceptors (Lipinski definition) is 4. The number of nitrogens with two attached hydrogens (primary N) is 1. The third-order valence-corrected chi connectivity index (χ3v) is 3.61. The van der Waals surface area contributed by atoms with Crippen molar-refractivity contribution in [1.29, 1.82) is 0 Å². The maximum atomic E-state index is 13.1. The molecule has 2 rings (SSSR count). The average molecular weight is 279 g/mol. The molecule has 4 nitrogen and oxygen atoms in total. The lowest BCUT2D eigenvalue weighted by molar-refractivity contribution is 0.102. The minimum absolute atomic E-state index is 0.195. The van der Waals surface area contributed by atoms with E-state index < -0.39 is 0 Å². The number of aryl methyl sites for hydroxylation is 1. The van der Waals surface area contributed by atoms with Gasteiger partial charge in [0, 0.05) is 11.1 Å². The van der Waals surface area contributed by atoms with Gasteiger partial charge >= 0.3 is 0 Å². The van der Waals surface area contributed by atoms with Crippen LogP contribution < -0.4 is 11.1 Å². The summed E-state index contributed by atoms with van der Waals surface area (Å²) in [5.74, 6) is -0.625. The fourth-order valence-electron chi connectivity index (χ4n) is 1.52. The number of carbonyl (C=O) groups is 1. The Hall–Kier alpha value is -1.79. The Bertz CT molecular complexity index is 610. The first-order valence-electron chi connectivity index (χ1n) is 5.76. The molecule has 100 valence electrons. The Morgan fingerprint density at radius 2 is 2.26 bits per heavy atom. The van der Waals surface area contributed by atoms with Crippen molar-refractivity contribution >= 4 is 22.9 Å². The highest BCUT2D eigenvalue weighted by atomic mass is 32.1. The molecule has 19 heavy (non-hydrogen) atoms. The smallest absolute Gasteiger partial charge is 0.275 e. The minimum Gasteiger partial charge on any atom is -0.322 e.